The highest BCUT2D eigenvalue weighted by Gasteiger charge is 2.30. The largest absolute Gasteiger partial charge is 0.416 e. The zero-order chi connectivity index (χ0) is 19.7. The molecule has 1 atom stereocenters. The van der Waals surface area contributed by atoms with Gasteiger partial charge in [0, 0.05) is 23.5 Å². The molecule has 0 radical (unpaired) electrons. The van der Waals surface area contributed by atoms with Crippen molar-refractivity contribution in [3.05, 3.63) is 72.1 Å². The van der Waals surface area contributed by atoms with E-state index in [-0.39, 0.29) is 0 Å². The Morgan fingerprint density at radius 1 is 1.00 bits per heavy atom. The molecule has 142 valence electrons. The summed E-state index contributed by atoms with van der Waals surface area (Å²) in [5.41, 5.74) is 0.492. The molecule has 0 saturated heterocycles. The molecular weight excluding hydrogens is 389 g/mol. The maximum atomic E-state index is 13.0. The highest BCUT2D eigenvalue weighted by atomic mass is 32.1. The van der Waals surface area contributed by atoms with Gasteiger partial charge in [-0.05, 0) is 30.3 Å². The molecule has 0 amide bonds. The average Bonchev–Trinajstić information content (AvgIpc) is 3.12. The second-order valence-corrected chi connectivity index (χ2v) is 6.89. The molecule has 0 fully saturated rings. The lowest BCUT2D eigenvalue weighted by Gasteiger charge is -2.13. The zero-order valence-electron chi connectivity index (χ0n) is 14.2. The number of aromatic nitrogens is 3. The van der Waals surface area contributed by atoms with Gasteiger partial charge >= 0.3 is 6.18 Å². The number of nitrogens with one attached hydrogen (secondary N) is 1. The fourth-order valence-corrected chi connectivity index (χ4v) is 3.63. The van der Waals surface area contributed by atoms with Crippen LogP contribution in [-0.4, -0.2) is 20.1 Å². The third-order valence-electron chi connectivity index (χ3n) is 4.01. The van der Waals surface area contributed by atoms with Crippen LogP contribution in [0.25, 0.3) is 20.9 Å². The van der Waals surface area contributed by atoms with Crippen LogP contribution < -0.4 is 5.32 Å². The molecule has 4 rings (SSSR count). The monoisotopic (exact) mass is 402 g/mol. The summed E-state index contributed by atoms with van der Waals surface area (Å²) in [7, 11) is 0. The number of halogens is 3. The van der Waals surface area contributed by atoms with Crippen LogP contribution in [-0.2, 0) is 6.18 Å². The lowest BCUT2D eigenvalue weighted by Crippen LogP contribution is -2.11. The van der Waals surface area contributed by atoms with Gasteiger partial charge in [0.1, 0.15) is 21.2 Å². The van der Waals surface area contributed by atoms with Crippen LogP contribution in [0.5, 0.6) is 0 Å². The smallest absolute Gasteiger partial charge is 0.369 e. The van der Waals surface area contributed by atoms with Crippen molar-refractivity contribution in [2.45, 2.75) is 12.4 Å². The predicted molar refractivity (Wildman–Crippen MR) is 101 cm³/mol. The average molecular weight is 402 g/mol. The summed E-state index contributed by atoms with van der Waals surface area (Å²) in [6.07, 6.45) is -2.42. The highest BCUT2D eigenvalue weighted by molar-refractivity contribution is 7.21. The molecule has 2 N–H and O–H groups in total. The number of anilines is 1. The molecule has 5 nitrogen and oxygen atoms in total. The maximum Gasteiger partial charge on any atom is 0.416 e. The van der Waals surface area contributed by atoms with E-state index in [0.717, 1.165) is 23.5 Å². The Morgan fingerprint density at radius 2 is 1.86 bits per heavy atom. The standard InChI is InChI=1S/C19H13F3N4OS/c20-19(21,22)12-5-3-4-11(10-12)17-26-15-13(7-9-24-18(15)28-17)16(27)25-14-6-1-2-8-23-14/h1-10,16,27H,(H,23,25). The van der Waals surface area contributed by atoms with Crippen molar-refractivity contribution >= 4 is 27.5 Å². The number of pyridine rings is 2. The van der Waals surface area contributed by atoms with Gasteiger partial charge in [-0.25, -0.2) is 15.0 Å². The van der Waals surface area contributed by atoms with Crippen LogP contribution in [0, 0.1) is 0 Å². The van der Waals surface area contributed by atoms with Gasteiger partial charge in [-0.15, -0.1) is 0 Å². The van der Waals surface area contributed by atoms with Gasteiger partial charge in [0.15, 0.2) is 6.23 Å². The van der Waals surface area contributed by atoms with E-state index in [1.54, 1.807) is 36.5 Å². The third kappa shape index (κ3) is 3.67. The van der Waals surface area contributed by atoms with Crippen LogP contribution in [0.15, 0.2) is 60.9 Å². The minimum Gasteiger partial charge on any atom is -0.369 e. The fraction of sp³-hybridized carbons (Fsp3) is 0.105. The second kappa shape index (κ2) is 7.17. The first-order valence-corrected chi connectivity index (χ1v) is 9.02. The van der Waals surface area contributed by atoms with Gasteiger partial charge in [0.05, 0.1) is 5.56 Å². The van der Waals surface area contributed by atoms with Crippen molar-refractivity contribution in [2.24, 2.45) is 0 Å². The van der Waals surface area contributed by atoms with Gasteiger partial charge in [-0.3, -0.25) is 0 Å². The summed E-state index contributed by atoms with van der Waals surface area (Å²) in [6.45, 7) is 0. The third-order valence-corrected chi connectivity index (χ3v) is 5.02. The first-order chi connectivity index (χ1) is 13.4. The molecule has 3 aromatic heterocycles. The van der Waals surface area contributed by atoms with Crippen molar-refractivity contribution < 1.29 is 18.3 Å². The lowest BCUT2D eigenvalue weighted by atomic mass is 10.1. The maximum absolute atomic E-state index is 13.0. The van der Waals surface area contributed by atoms with Crippen molar-refractivity contribution in [3.63, 3.8) is 0 Å². The molecule has 4 aromatic rings. The number of rotatable bonds is 4. The first kappa shape index (κ1) is 18.3. The summed E-state index contributed by atoms with van der Waals surface area (Å²) >= 11 is 1.16. The molecule has 28 heavy (non-hydrogen) atoms. The topological polar surface area (TPSA) is 70.9 Å². The normalized spacial score (nSPS) is 12.9. The van der Waals surface area contributed by atoms with E-state index in [1.807, 2.05) is 0 Å². The number of hydrogen-bond donors (Lipinski definition) is 2. The molecule has 0 aliphatic carbocycles. The van der Waals surface area contributed by atoms with E-state index in [2.05, 4.69) is 20.3 Å². The number of benzene rings is 1. The Morgan fingerprint density at radius 3 is 2.61 bits per heavy atom. The molecule has 3 heterocycles. The highest BCUT2D eigenvalue weighted by Crippen LogP contribution is 2.36. The second-order valence-electron chi connectivity index (χ2n) is 5.91. The number of thiazole rings is 1. The number of aliphatic hydroxyl groups excluding tert-OH is 1. The van der Waals surface area contributed by atoms with E-state index < -0.39 is 18.0 Å². The van der Waals surface area contributed by atoms with Crippen molar-refractivity contribution in [2.75, 3.05) is 5.32 Å². The quantitative estimate of drug-likeness (QED) is 0.477. The van der Waals surface area contributed by atoms with Crippen molar-refractivity contribution in [1.82, 2.24) is 15.0 Å². The van der Waals surface area contributed by atoms with Crippen LogP contribution in [0.1, 0.15) is 17.4 Å². The minimum absolute atomic E-state index is 0.343. The van der Waals surface area contributed by atoms with Gasteiger partial charge < -0.3 is 10.4 Å². The van der Waals surface area contributed by atoms with E-state index >= 15 is 0 Å². The SMILES string of the molecule is OC(Nc1ccccn1)c1ccnc2sc(-c3cccc(C(F)(F)F)c3)nc12. The number of hydrogen-bond acceptors (Lipinski definition) is 6. The molecular formula is C19H13F3N4OS. The van der Waals surface area contributed by atoms with Crippen LogP contribution in [0.2, 0.25) is 0 Å². The minimum atomic E-state index is -4.43. The fourth-order valence-electron chi connectivity index (χ4n) is 2.69. The zero-order valence-corrected chi connectivity index (χ0v) is 15.0. The van der Waals surface area contributed by atoms with Crippen LogP contribution >= 0.6 is 11.3 Å². The van der Waals surface area contributed by atoms with E-state index in [0.29, 0.717) is 32.3 Å². The Bertz CT molecular complexity index is 1120. The summed E-state index contributed by atoms with van der Waals surface area (Å²) in [4.78, 5) is 13.3. The van der Waals surface area contributed by atoms with Crippen molar-refractivity contribution in [1.29, 1.82) is 0 Å². The molecule has 9 heteroatoms. The molecule has 0 aliphatic heterocycles. The molecule has 0 aliphatic rings. The molecule has 0 bridgehead atoms. The van der Waals surface area contributed by atoms with Gasteiger partial charge in [-0.1, -0.05) is 29.5 Å². The number of nitrogens with zero attached hydrogens (tertiary/aromatic N) is 3. The van der Waals surface area contributed by atoms with Crippen LogP contribution in [0.3, 0.4) is 0 Å². The van der Waals surface area contributed by atoms with E-state index in [4.69, 9.17) is 0 Å². The van der Waals surface area contributed by atoms with E-state index in [9.17, 15) is 18.3 Å². The number of alkyl halides is 3. The Kier molecular flexibility index (Phi) is 4.70. The Hall–Kier alpha value is -3.04. The molecule has 0 spiro atoms. The Labute approximate surface area is 161 Å². The summed E-state index contributed by atoms with van der Waals surface area (Å²) in [5, 5.41) is 13.8. The first-order valence-electron chi connectivity index (χ1n) is 8.20. The molecule has 0 saturated carbocycles. The van der Waals surface area contributed by atoms with Crippen LogP contribution in [0.4, 0.5) is 19.0 Å². The van der Waals surface area contributed by atoms with E-state index in [1.165, 1.54) is 12.3 Å². The number of aliphatic hydroxyl groups is 1. The van der Waals surface area contributed by atoms with Crippen molar-refractivity contribution in [3.8, 4) is 10.6 Å². The van der Waals surface area contributed by atoms with Gasteiger partial charge in [0.25, 0.3) is 0 Å². The lowest BCUT2D eigenvalue weighted by molar-refractivity contribution is -0.137. The summed E-state index contributed by atoms with van der Waals surface area (Å²) in [6, 6.07) is 11.8. The van der Waals surface area contributed by atoms with Gasteiger partial charge in [-0.2, -0.15) is 13.2 Å². The van der Waals surface area contributed by atoms with Gasteiger partial charge in [0.2, 0.25) is 0 Å². The molecule has 1 unspecified atom stereocenters. The predicted octanol–water partition coefficient (Wildman–Crippen LogP) is 4.88. The number of fused-ring (bicyclic) bond motifs is 1. The summed E-state index contributed by atoms with van der Waals surface area (Å²) < 4.78 is 39.0. The Balaban J connectivity index is 1.71. The summed E-state index contributed by atoms with van der Waals surface area (Å²) in [5.74, 6) is 0.480. The molecule has 1 aromatic carbocycles.